The zero-order chi connectivity index (χ0) is 18.3. The Morgan fingerprint density at radius 3 is 2.04 bits per heavy atom. The molecule has 0 rings (SSSR count). The topological polar surface area (TPSA) is 75.3 Å². The highest BCUT2D eigenvalue weighted by molar-refractivity contribution is 6.62. The second-order valence-electron chi connectivity index (χ2n) is 4.89. The third-order valence-corrected chi connectivity index (χ3v) is 6.65. The first-order chi connectivity index (χ1) is 11.6. The molecule has 1 unspecified atom stereocenters. The molecule has 0 fully saturated rings. The molecule has 0 radical (unpaired) electrons. The lowest BCUT2D eigenvalue weighted by Crippen LogP contribution is -2.62. The highest BCUT2D eigenvalue weighted by Gasteiger charge is 2.49. The number of amides is 1. The van der Waals surface area contributed by atoms with Gasteiger partial charge in [-0.05, 0) is 40.0 Å². The fourth-order valence-electron chi connectivity index (χ4n) is 2.19. The summed E-state index contributed by atoms with van der Waals surface area (Å²) in [7, 11) is -3.00. The van der Waals surface area contributed by atoms with Gasteiger partial charge in [0.2, 0.25) is 0 Å². The van der Waals surface area contributed by atoms with Crippen molar-refractivity contribution in [2.45, 2.75) is 52.6 Å². The Hall–Kier alpha value is -1.09. The second-order valence-corrected chi connectivity index (χ2v) is 7.66. The van der Waals surface area contributed by atoms with E-state index in [2.05, 4.69) is 11.9 Å². The molecule has 0 aromatic heterocycles. The number of alkyl carbamates (subject to hydrolysis) is 1. The maximum atomic E-state index is 12.0. The number of hydrogen-bond acceptors (Lipinski definition) is 6. The number of rotatable bonds is 15. The minimum absolute atomic E-state index is 0.329. The average Bonchev–Trinajstić information content (AvgIpc) is 2.56. The number of nitrogens with one attached hydrogen (secondary N) is 1. The summed E-state index contributed by atoms with van der Waals surface area (Å²) in [6.45, 7) is 13.4. The summed E-state index contributed by atoms with van der Waals surface area (Å²) in [6, 6.07) is 0. The zero-order valence-corrected chi connectivity index (χ0v) is 16.5. The van der Waals surface area contributed by atoms with Crippen LogP contribution in [-0.4, -0.2) is 53.6 Å². The van der Waals surface area contributed by atoms with Crippen molar-refractivity contribution in [2.75, 3.05) is 33.0 Å². The van der Waals surface area contributed by atoms with Gasteiger partial charge in [0, 0.05) is 19.8 Å². The first-order valence-corrected chi connectivity index (χ1v) is 10.5. The number of ether oxygens (including phenoxy) is 2. The molecule has 1 amide bonds. The van der Waals surface area contributed by atoms with Crippen molar-refractivity contribution in [3.63, 3.8) is 0 Å². The van der Waals surface area contributed by atoms with Crippen LogP contribution in [0.15, 0.2) is 12.8 Å². The molecule has 0 aromatic rings. The van der Waals surface area contributed by atoms with E-state index in [1.54, 1.807) is 0 Å². The fraction of sp³-hybridized carbons (Fsp3) is 0.812. The molecule has 8 heteroatoms. The van der Waals surface area contributed by atoms with Crippen molar-refractivity contribution < 1.29 is 27.5 Å². The van der Waals surface area contributed by atoms with Crippen LogP contribution in [0, 0.1) is 0 Å². The minimum Gasteiger partial charge on any atom is -0.502 e. The van der Waals surface area contributed by atoms with Gasteiger partial charge in [-0.25, -0.2) is 4.79 Å². The van der Waals surface area contributed by atoms with E-state index in [1.165, 1.54) is 6.26 Å². The van der Waals surface area contributed by atoms with Crippen molar-refractivity contribution in [3.05, 3.63) is 12.8 Å². The van der Waals surface area contributed by atoms with Crippen LogP contribution in [0.5, 0.6) is 0 Å². The summed E-state index contributed by atoms with van der Waals surface area (Å²) >= 11 is 0. The average molecular weight is 364 g/mol. The van der Waals surface area contributed by atoms with Crippen molar-refractivity contribution in [2.24, 2.45) is 0 Å². The second kappa shape index (κ2) is 14.3. The lowest BCUT2D eigenvalue weighted by molar-refractivity contribution is 0.0552. The van der Waals surface area contributed by atoms with Gasteiger partial charge >= 0.3 is 14.9 Å². The van der Waals surface area contributed by atoms with Crippen molar-refractivity contribution in [3.8, 4) is 0 Å². The smallest absolute Gasteiger partial charge is 0.502 e. The van der Waals surface area contributed by atoms with E-state index in [0.717, 1.165) is 12.8 Å². The van der Waals surface area contributed by atoms with Gasteiger partial charge < -0.3 is 28.1 Å². The van der Waals surface area contributed by atoms with Crippen LogP contribution >= 0.6 is 0 Å². The number of carbonyl (C=O) groups excluding carboxylic acids is 1. The Morgan fingerprint density at radius 2 is 1.58 bits per heavy atom. The van der Waals surface area contributed by atoms with Crippen molar-refractivity contribution in [1.29, 1.82) is 0 Å². The monoisotopic (exact) mass is 363 g/mol. The maximum Gasteiger partial charge on any atom is 0.524 e. The summed E-state index contributed by atoms with van der Waals surface area (Å²) in [5.41, 5.74) is -0.339. The molecule has 0 aromatic carbocycles. The Kier molecular flexibility index (Phi) is 13.6. The molecule has 24 heavy (non-hydrogen) atoms. The van der Waals surface area contributed by atoms with Gasteiger partial charge in [0.25, 0.3) is 0 Å². The van der Waals surface area contributed by atoms with Crippen LogP contribution in [0.3, 0.4) is 0 Å². The Balaban J connectivity index is 4.54. The molecule has 142 valence electrons. The zero-order valence-electron chi connectivity index (χ0n) is 15.5. The quantitative estimate of drug-likeness (QED) is 0.274. The van der Waals surface area contributed by atoms with E-state index in [1.807, 2.05) is 27.7 Å². The molecule has 7 nitrogen and oxygen atoms in total. The van der Waals surface area contributed by atoms with E-state index >= 15 is 0 Å². The molecule has 0 spiro atoms. The lowest BCUT2D eigenvalue weighted by atomic mass is 10.3. The van der Waals surface area contributed by atoms with Gasteiger partial charge in [0.1, 0.15) is 5.67 Å². The highest BCUT2D eigenvalue weighted by Crippen LogP contribution is 2.18. The summed E-state index contributed by atoms with van der Waals surface area (Å²) < 4.78 is 27.7. The fourth-order valence-corrected chi connectivity index (χ4v) is 5.05. The first kappa shape index (κ1) is 22.9. The molecule has 1 N–H and O–H groups in total. The number of hydrogen-bond donors (Lipinski definition) is 1. The largest absolute Gasteiger partial charge is 0.524 e. The predicted molar refractivity (Wildman–Crippen MR) is 94.6 cm³/mol. The molecule has 0 saturated carbocycles. The number of unbranched alkanes of at least 4 members (excludes halogenated alkanes) is 1. The van der Waals surface area contributed by atoms with Gasteiger partial charge in [-0.3, -0.25) is 0 Å². The van der Waals surface area contributed by atoms with Crippen LogP contribution < -0.4 is 5.32 Å². The molecule has 0 aliphatic carbocycles. The molecule has 0 saturated heterocycles. The van der Waals surface area contributed by atoms with Gasteiger partial charge in [0.05, 0.1) is 19.5 Å². The van der Waals surface area contributed by atoms with Gasteiger partial charge in [-0.15, -0.1) is 0 Å². The minimum atomic E-state index is -3.00. The SMILES string of the molecule is C=COCCCCOC(=O)NC(CC)[Si](OCC)(OCC)OCC. The summed E-state index contributed by atoms with van der Waals surface area (Å²) in [6.07, 6.45) is 3.07. The van der Waals surface area contributed by atoms with E-state index < -0.39 is 14.9 Å². The van der Waals surface area contributed by atoms with Gasteiger partial charge in [-0.1, -0.05) is 13.5 Å². The van der Waals surface area contributed by atoms with Gasteiger partial charge in [0.15, 0.2) is 0 Å². The van der Waals surface area contributed by atoms with E-state index in [-0.39, 0.29) is 5.67 Å². The molecule has 0 heterocycles. The van der Waals surface area contributed by atoms with Crippen molar-refractivity contribution >= 4 is 14.9 Å². The first-order valence-electron chi connectivity index (χ1n) is 8.67. The van der Waals surface area contributed by atoms with Crippen LogP contribution in [0.25, 0.3) is 0 Å². The molecule has 0 aliphatic rings. The summed E-state index contributed by atoms with van der Waals surface area (Å²) in [5.74, 6) is 0. The Bertz CT molecular complexity index is 326. The van der Waals surface area contributed by atoms with Crippen LogP contribution in [0.1, 0.15) is 47.0 Å². The standard InChI is InChI=1S/C16H33NO6Si/c1-6-15(24(21-8-3,22-9-4)23-10-5)17-16(18)20-14-12-11-13-19-7-2/h7,15H,2,6,8-14H2,1,3-5H3,(H,17,18). The normalized spacial score (nSPS) is 12.5. The maximum absolute atomic E-state index is 12.0. The summed E-state index contributed by atoms with van der Waals surface area (Å²) in [5, 5.41) is 2.84. The van der Waals surface area contributed by atoms with Crippen LogP contribution in [0.2, 0.25) is 0 Å². The van der Waals surface area contributed by atoms with E-state index in [0.29, 0.717) is 39.5 Å². The third-order valence-electron chi connectivity index (χ3n) is 3.17. The molecule has 0 aliphatic heterocycles. The molecule has 1 atom stereocenters. The third kappa shape index (κ3) is 8.67. The summed E-state index contributed by atoms with van der Waals surface area (Å²) in [4.78, 5) is 12.0. The Morgan fingerprint density at radius 1 is 1.04 bits per heavy atom. The molecular formula is C16H33NO6Si. The lowest BCUT2D eigenvalue weighted by Gasteiger charge is -2.34. The van der Waals surface area contributed by atoms with Crippen LogP contribution in [0.4, 0.5) is 4.79 Å². The van der Waals surface area contributed by atoms with Crippen LogP contribution in [-0.2, 0) is 22.8 Å². The number of carbonyl (C=O) groups is 1. The van der Waals surface area contributed by atoms with Crippen molar-refractivity contribution in [1.82, 2.24) is 5.32 Å². The Labute approximate surface area is 147 Å². The molecular weight excluding hydrogens is 330 g/mol. The predicted octanol–water partition coefficient (Wildman–Crippen LogP) is 3.02. The van der Waals surface area contributed by atoms with E-state index in [9.17, 15) is 4.79 Å². The molecule has 0 bridgehead atoms. The van der Waals surface area contributed by atoms with Gasteiger partial charge in [-0.2, -0.15) is 0 Å². The van der Waals surface area contributed by atoms with E-state index in [4.69, 9.17) is 22.8 Å². The highest BCUT2D eigenvalue weighted by atomic mass is 28.4.